The van der Waals surface area contributed by atoms with E-state index in [1.807, 2.05) is 0 Å². The second-order valence-corrected chi connectivity index (χ2v) is 1.90. The Balaban J connectivity index is 3.00. The van der Waals surface area contributed by atoms with E-state index >= 15 is 0 Å². The monoisotopic (exact) mass is 139 g/mol. The van der Waals surface area contributed by atoms with E-state index in [2.05, 4.69) is 0 Å². The molecule has 0 aromatic heterocycles. The molecule has 1 aromatic rings. The fourth-order valence-corrected chi connectivity index (χ4v) is 0.614. The van der Waals surface area contributed by atoms with Crippen LogP contribution in [0.5, 0.6) is 0 Å². The zero-order valence-corrected chi connectivity index (χ0v) is 5.17. The van der Waals surface area contributed by atoms with Crippen LogP contribution in [0, 0.1) is 0 Å². The summed E-state index contributed by atoms with van der Waals surface area (Å²) in [5.41, 5.74) is 5.85. The van der Waals surface area contributed by atoms with Crippen LogP contribution in [0.2, 0.25) is 0 Å². The molecule has 2 nitrogen and oxygen atoms in total. The maximum atomic E-state index is 11.9. The first-order chi connectivity index (χ1) is 4.70. The lowest BCUT2D eigenvalue weighted by atomic mass is 10.2. The van der Waals surface area contributed by atoms with Gasteiger partial charge in [0.15, 0.2) is 0 Å². The summed E-state index contributed by atoms with van der Waals surface area (Å²) < 4.78 is 11.9. The minimum Gasteiger partial charge on any atom is -0.399 e. The average molecular weight is 139 g/mol. The molecule has 1 rings (SSSR count). The highest BCUT2D eigenvalue weighted by atomic mass is 19.1. The van der Waals surface area contributed by atoms with Crippen LogP contribution >= 0.6 is 0 Å². The zero-order valence-electron chi connectivity index (χ0n) is 5.17. The molecule has 3 heteroatoms. The van der Waals surface area contributed by atoms with E-state index in [9.17, 15) is 9.18 Å². The van der Waals surface area contributed by atoms with E-state index in [0.29, 0.717) is 5.69 Å². The van der Waals surface area contributed by atoms with Crippen LogP contribution < -0.4 is 5.73 Å². The maximum absolute atomic E-state index is 11.9. The summed E-state index contributed by atoms with van der Waals surface area (Å²) in [5, 5.41) is 0. The number of carbonyl (C=O) groups excluding carboxylic acids is 1. The predicted molar refractivity (Wildman–Crippen MR) is 36.3 cm³/mol. The molecular formula is C7H6FNO. The molecule has 0 spiro atoms. The molecule has 0 saturated heterocycles. The molecule has 52 valence electrons. The van der Waals surface area contributed by atoms with Crippen molar-refractivity contribution in [1.82, 2.24) is 0 Å². The summed E-state index contributed by atoms with van der Waals surface area (Å²) in [7, 11) is 0. The molecular weight excluding hydrogens is 133 g/mol. The lowest BCUT2D eigenvalue weighted by Crippen LogP contribution is -1.90. The molecule has 0 aliphatic rings. The number of anilines is 1. The fourth-order valence-electron chi connectivity index (χ4n) is 0.614. The van der Waals surface area contributed by atoms with E-state index in [-0.39, 0.29) is 5.56 Å². The van der Waals surface area contributed by atoms with Gasteiger partial charge in [-0.15, -0.1) is 0 Å². The quantitative estimate of drug-likeness (QED) is 0.471. The van der Waals surface area contributed by atoms with Crippen molar-refractivity contribution in [2.45, 2.75) is 0 Å². The van der Waals surface area contributed by atoms with Crippen molar-refractivity contribution < 1.29 is 9.18 Å². The summed E-state index contributed by atoms with van der Waals surface area (Å²) >= 11 is 0. The Morgan fingerprint density at radius 2 is 1.80 bits per heavy atom. The van der Waals surface area contributed by atoms with E-state index in [1.165, 1.54) is 24.3 Å². The molecule has 0 atom stereocenters. The van der Waals surface area contributed by atoms with Crippen molar-refractivity contribution in [3.8, 4) is 0 Å². The first-order valence-corrected chi connectivity index (χ1v) is 2.75. The van der Waals surface area contributed by atoms with Gasteiger partial charge >= 0.3 is 6.04 Å². The van der Waals surface area contributed by atoms with Crippen molar-refractivity contribution in [2.24, 2.45) is 0 Å². The van der Waals surface area contributed by atoms with Gasteiger partial charge in [0.1, 0.15) is 0 Å². The molecule has 0 radical (unpaired) electrons. The first-order valence-electron chi connectivity index (χ1n) is 2.75. The molecule has 0 aliphatic heterocycles. The largest absolute Gasteiger partial charge is 0.399 e. The highest BCUT2D eigenvalue weighted by molar-refractivity contribution is 5.88. The van der Waals surface area contributed by atoms with Crippen LogP contribution in [0.4, 0.5) is 10.1 Å². The molecule has 0 heterocycles. The van der Waals surface area contributed by atoms with Gasteiger partial charge in [-0.3, -0.25) is 4.79 Å². The SMILES string of the molecule is Nc1ccc(C(=O)F)cc1. The van der Waals surface area contributed by atoms with Gasteiger partial charge in [0.05, 0.1) is 5.56 Å². The van der Waals surface area contributed by atoms with Crippen LogP contribution in [0.1, 0.15) is 10.4 Å². The van der Waals surface area contributed by atoms with Gasteiger partial charge in [-0.25, -0.2) is 0 Å². The highest BCUT2D eigenvalue weighted by Crippen LogP contribution is 2.05. The Hall–Kier alpha value is -1.38. The Kier molecular flexibility index (Phi) is 1.67. The van der Waals surface area contributed by atoms with Gasteiger partial charge in [0.25, 0.3) is 0 Å². The van der Waals surface area contributed by atoms with Crippen LogP contribution in [-0.2, 0) is 0 Å². The van der Waals surface area contributed by atoms with Crippen LogP contribution in [-0.4, -0.2) is 6.04 Å². The molecule has 0 fully saturated rings. The minimum absolute atomic E-state index is 0.0363. The molecule has 0 bridgehead atoms. The molecule has 2 N–H and O–H groups in total. The molecule has 1 aromatic carbocycles. The van der Waals surface area contributed by atoms with E-state index in [4.69, 9.17) is 5.73 Å². The molecule has 10 heavy (non-hydrogen) atoms. The van der Waals surface area contributed by atoms with Gasteiger partial charge in [-0.2, -0.15) is 4.39 Å². The van der Waals surface area contributed by atoms with Crippen LogP contribution in [0.3, 0.4) is 0 Å². The Labute approximate surface area is 57.5 Å². The minimum atomic E-state index is -1.43. The first kappa shape index (κ1) is 6.74. The fraction of sp³-hybridized carbons (Fsp3) is 0. The van der Waals surface area contributed by atoms with E-state index in [1.54, 1.807) is 0 Å². The number of carbonyl (C=O) groups is 1. The van der Waals surface area contributed by atoms with Crippen molar-refractivity contribution in [1.29, 1.82) is 0 Å². The third kappa shape index (κ3) is 1.31. The predicted octanol–water partition coefficient (Wildman–Crippen LogP) is 1.38. The van der Waals surface area contributed by atoms with Gasteiger partial charge in [-0.05, 0) is 24.3 Å². The standard InChI is InChI=1S/C7H6FNO/c8-7(10)5-1-3-6(9)4-2-5/h1-4H,9H2. The summed E-state index contributed by atoms with van der Waals surface area (Å²) in [6, 6.07) is 4.22. The van der Waals surface area contributed by atoms with Crippen LogP contribution in [0.15, 0.2) is 24.3 Å². The molecule has 0 unspecified atom stereocenters. The molecule has 0 aliphatic carbocycles. The molecule has 0 saturated carbocycles. The number of halogens is 1. The number of hydrogen-bond donors (Lipinski definition) is 1. The number of rotatable bonds is 1. The summed E-state index contributed by atoms with van der Waals surface area (Å²) in [4.78, 5) is 10.0. The van der Waals surface area contributed by atoms with Gasteiger partial charge < -0.3 is 5.73 Å². The third-order valence-electron chi connectivity index (χ3n) is 1.14. The van der Waals surface area contributed by atoms with Crippen molar-refractivity contribution >= 4 is 11.7 Å². The number of benzene rings is 1. The van der Waals surface area contributed by atoms with E-state index < -0.39 is 6.04 Å². The van der Waals surface area contributed by atoms with Crippen molar-refractivity contribution in [3.63, 3.8) is 0 Å². The highest BCUT2D eigenvalue weighted by Gasteiger charge is 2.00. The lowest BCUT2D eigenvalue weighted by molar-refractivity contribution is 0.0836. The maximum Gasteiger partial charge on any atom is 0.332 e. The third-order valence-corrected chi connectivity index (χ3v) is 1.14. The number of hydrogen-bond acceptors (Lipinski definition) is 2. The molecule has 0 amide bonds. The summed E-state index contributed by atoms with van der Waals surface area (Å²) in [6.45, 7) is 0. The van der Waals surface area contributed by atoms with Crippen molar-refractivity contribution in [3.05, 3.63) is 29.8 Å². The Morgan fingerprint density at radius 3 is 2.20 bits per heavy atom. The van der Waals surface area contributed by atoms with Crippen molar-refractivity contribution in [2.75, 3.05) is 5.73 Å². The summed E-state index contributed by atoms with van der Waals surface area (Å²) in [6.07, 6.45) is 0. The van der Waals surface area contributed by atoms with Gasteiger partial charge in [-0.1, -0.05) is 0 Å². The Bertz CT molecular complexity index is 242. The number of nitrogens with two attached hydrogens (primary N) is 1. The van der Waals surface area contributed by atoms with E-state index in [0.717, 1.165) is 0 Å². The topological polar surface area (TPSA) is 43.1 Å². The van der Waals surface area contributed by atoms with Gasteiger partial charge in [0, 0.05) is 5.69 Å². The zero-order chi connectivity index (χ0) is 7.56. The second-order valence-electron chi connectivity index (χ2n) is 1.90. The lowest BCUT2D eigenvalue weighted by Gasteiger charge is -1.91. The second kappa shape index (κ2) is 2.47. The van der Waals surface area contributed by atoms with Gasteiger partial charge in [0.2, 0.25) is 0 Å². The average Bonchev–Trinajstić information content (AvgIpc) is 1.88. The normalized spacial score (nSPS) is 9.30. The summed E-state index contributed by atoms with van der Waals surface area (Å²) in [5.74, 6) is 0. The smallest absolute Gasteiger partial charge is 0.332 e. The Morgan fingerprint density at radius 1 is 1.30 bits per heavy atom. The van der Waals surface area contributed by atoms with Crippen LogP contribution in [0.25, 0.3) is 0 Å². The number of nitrogen functional groups attached to an aromatic ring is 1.